The van der Waals surface area contributed by atoms with Gasteiger partial charge >= 0.3 is 0 Å². The monoisotopic (exact) mass is 346 g/mol. The molecule has 0 unspecified atom stereocenters. The van der Waals surface area contributed by atoms with Crippen LogP contribution < -0.4 is 0 Å². The first kappa shape index (κ1) is 14.3. The van der Waals surface area contributed by atoms with Gasteiger partial charge in [-0.3, -0.25) is 0 Å². The fourth-order valence-electron chi connectivity index (χ4n) is 2.97. The average molecular weight is 346 g/mol. The number of aryl methyl sites for hydroxylation is 1. The van der Waals surface area contributed by atoms with E-state index in [0.717, 1.165) is 32.4 Å². The second kappa shape index (κ2) is 5.49. The quantitative estimate of drug-likeness (QED) is 0.501. The third-order valence-corrected chi connectivity index (χ3v) is 5.20. The van der Waals surface area contributed by atoms with E-state index in [9.17, 15) is 0 Å². The Labute approximate surface area is 147 Å². The molecule has 0 bridgehead atoms. The van der Waals surface area contributed by atoms with Gasteiger partial charge in [-0.1, -0.05) is 47.7 Å². The van der Waals surface area contributed by atoms with Crippen molar-refractivity contribution in [2.45, 2.75) is 13.5 Å². The summed E-state index contributed by atoms with van der Waals surface area (Å²) in [6.07, 6.45) is 1.83. The van der Waals surface area contributed by atoms with Gasteiger partial charge in [0, 0.05) is 5.56 Å². The lowest BCUT2D eigenvalue weighted by atomic mass is 10.1. The molecular weight excluding hydrogens is 332 g/mol. The van der Waals surface area contributed by atoms with E-state index in [1.54, 1.807) is 11.3 Å². The molecule has 5 aromatic rings. The number of benzene rings is 2. The number of hydrogen-bond donors (Lipinski definition) is 0. The predicted molar refractivity (Wildman–Crippen MR) is 97.7 cm³/mol. The van der Waals surface area contributed by atoms with Gasteiger partial charge in [0.25, 0.3) is 0 Å². The van der Waals surface area contributed by atoms with Gasteiger partial charge in [-0.25, -0.2) is 4.98 Å². The summed E-state index contributed by atoms with van der Waals surface area (Å²) >= 11 is 1.55. The number of rotatable bonds is 3. The largest absolute Gasteiger partial charge is 0.323 e. The number of aromatic nitrogens is 6. The van der Waals surface area contributed by atoms with Crippen molar-refractivity contribution in [3.63, 3.8) is 0 Å². The zero-order chi connectivity index (χ0) is 16.8. The zero-order valence-corrected chi connectivity index (χ0v) is 14.3. The van der Waals surface area contributed by atoms with Crippen LogP contribution in [0.5, 0.6) is 0 Å². The molecule has 3 aromatic heterocycles. The fraction of sp³-hybridized carbons (Fsp3) is 0.111. The van der Waals surface area contributed by atoms with E-state index in [0.29, 0.717) is 6.54 Å². The molecule has 0 N–H and O–H groups in total. The maximum Gasteiger partial charge on any atom is 0.235 e. The Balaban J connectivity index is 1.57. The molecule has 25 heavy (non-hydrogen) atoms. The minimum Gasteiger partial charge on any atom is -0.323 e. The minimum absolute atomic E-state index is 0.582. The number of hydrogen-bond acceptors (Lipinski definition) is 5. The summed E-state index contributed by atoms with van der Waals surface area (Å²) in [6, 6.07) is 16.3. The molecule has 122 valence electrons. The lowest BCUT2D eigenvalue weighted by Gasteiger charge is -2.02. The van der Waals surface area contributed by atoms with Crippen LogP contribution in [0, 0.1) is 6.92 Å². The molecule has 5 rings (SSSR count). The van der Waals surface area contributed by atoms with Crippen molar-refractivity contribution in [1.29, 1.82) is 0 Å². The van der Waals surface area contributed by atoms with Gasteiger partial charge in [-0.05, 0) is 24.6 Å². The fourth-order valence-corrected chi connectivity index (χ4v) is 3.92. The van der Waals surface area contributed by atoms with Crippen LogP contribution in [0.25, 0.3) is 26.6 Å². The molecule has 0 aliphatic carbocycles. The summed E-state index contributed by atoms with van der Waals surface area (Å²) in [6.45, 7) is 2.68. The molecule has 0 saturated heterocycles. The van der Waals surface area contributed by atoms with Crippen molar-refractivity contribution < 1.29 is 0 Å². The topological polar surface area (TPSA) is 60.9 Å². The lowest BCUT2D eigenvalue weighted by Crippen LogP contribution is -2.04. The zero-order valence-electron chi connectivity index (χ0n) is 13.5. The van der Waals surface area contributed by atoms with Gasteiger partial charge in [-0.2, -0.15) is 9.61 Å². The second-order valence-corrected chi connectivity index (χ2v) is 6.85. The lowest BCUT2D eigenvalue weighted by molar-refractivity contribution is 0.726. The van der Waals surface area contributed by atoms with Crippen LogP contribution in [0.3, 0.4) is 0 Å². The summed E-state index contributed by atoms with van der Waals surface area (Å²) in [7, 11) is 0. The Kier molecular flexibility index (Phi) is 3.14. The molecule has 0 radical (unpaired) electrons. The first-order valence-electron chi connectivity index (χ1n) is 7.96. The van der Waals surface area contributed by atoms with E-state index in [1.807, 2.05) is 41.2 Å². The van der Waals surface area contributed by atoms with Gasteiger partial charge in [0.15, 0.2) is 5.82 Å². The maximum atomic E-state index is 4.74. The Morgan fingerprint density at radius 3 is 2.76 bits per heavy atom. The van der Waals surface area contributed by atoms with Crippen molar-refractivity contribution in [3.05, 3.63) is 66.2 Å². The van der Waals surface area contributed by atoms with Crippen LogP contribution >= 0.6 is 11.3 Å². The van der Waals surface area contributed by atoms with Gasteiger partial charge in [0.1, 0.15) is 5.01 Å². The van der Waals surface area contributed by atoms with Crippen molar-refractivity contribution in [1.82, 2.24) is 29.4 Å². The average Bonchev–Trinajstić information content (AvgIpc) is 3.32. The van der Waals surface area contributed by atoms with E-state index in [1.165, 1.54) is 5.56 Å². The van der Waals surface area contributed by atoms with Crippen LogP contribution in [-0.2, 0) is 6.54 Å². The van der Waals surface area contributed by atoms with Crippen LogP contribution in [0.2, 0.25) is 0 Å². The third kappa shape index (κ3) is 2.32. The molecule has 6 nitrogen and oxygen atoms in total. The highest BCUT2D eigenvalue weighted by molar-refractivity contribution is 7.19. The summed E-state index contributed by atoms with van der Waals surface area (Å²) < 4.78 is 3.90. The summed E-state index contributed by atoms with van der Waals surface area (Å²) in [5.41, 5.74) is 4.39. The van der Waals surface area contributed by atoms with Gasteiger partial charge in [0.05, 0.1) is 23.9 Å². The molecular formula is C18H14N6S. The molecule has 0 aliphatic rings. The molecule has 0 spiro atoms. The van der Waals surface area contributed by atoms with Crippen LogP contribution in [0.15, 0.2) is 54.9 Å². The molecule has 7 heteroatoms. The van der Waals surface area contributed by atoms with Gasteiger partial charge in [0.2, 0.25) is 4.96 Å². The highest BCUT2D eigenvalue weighted by Crippen LogP contribution is 2.28. The molecule has 2 aromatic carbocycles. The van der Waals surface area contributed by atoms with Gasteiger partial charge in [-0.15, -0.1) is 10.2 Å². The Morgan fingerprint density at radius 2 is 1.84 bits per heavy atom. The first-order valence-corrected chi connectivity index (χ1v) is 8.78. The Hall–Kier alpha value is -3.06. The summed E-state index contributed by atoms with van der Waals surface area (Å²) in [5.74, 6) is 0.800. The normalized spacial score (nSPS) is 11.6. The number of fused-ring (bicyclic) bond motifs is 2. The minimum atomic E-state index is 0.582. The van der Waals surface area contributed by atoms with E-state index >= 15 is 0 Å². The summed E-state index contributed by atoms with van der Waals surface area (Å²) in [4.78, 5) is 5.23. The van der Waals surface area contributed by atoms with Crippen molar-refractivity contribution in [2.24, 2.45) is 0 Å². The van der Waals surface area contributed by atoms with E-state index < -0.39 is 0 Å². The van der Waals surface area contributed by atoms with Gasteiger partial charge < -0.3 is 4.57 Å². The van der Waals surface area contributed by atoms with Crippen molar-refractivity contribution >= 4 is 27.3 Å². The van der Waals surface area contributed by atoms with E-state index in [-0.39, 0.29) is 0 Å². The number of para-hydroxylation sites is 2. The molecule has 0 fully saturated rings. The Morgan fingerprint density at radius 1 is 1.00 bits per heavy atom. The first-order chi connectivity index (χ1) is 12.3. The van der Waals surface area contributed by atoms with Crippen molar-refractivity contribution in [2.75, 3.05) is 0 Å². The highest BCUT2D eigenvalue weighted by Gasteiger charge is 2.15. The summed E-state index contributed by atoms with van der Waals surface area (Å²) in [5, 5.41) is 14.3. The highest BCUT2D eigenvalue weighted by atomic mass is 32.1. The SMILES string of the molecule is Cc1ccccc1-c1nn2c(Cn3cnc4ccccc43)nnc2s1. The molecule has 0 atom stereocenters. The molecule has 0 amide bonds. The molecule has 3 heterocycles. The second-order valence-electron chi connectivity index (χ2n) is 5.89. The molecule has 0 aliphatic heterocycles. The smallest absolute Gasteiger partial charge is 0.235 e. The third-order valence-electron chi connectivity index (χ3n) is 4.27. The Bertz CT molecular complexity index is 1200. The van der Waals surface area contributed by atoms with Crippen LogP contribution in [0.1, 0.15) is 11.4 Å². The molecule has 0 saturated carbocycles. The number of nitrogens with zero attached hydrogens (tertiary/aromatic N) is 6. The van der Waals surface area contributed by atoms with E-state index in [2.05, 4.69) is 44.9 Å². The predicted octanol–water partition coefficient (Wildman–Crippen LogP) is 3.56. The standard InChI is InChI=1S/C18H14N6S/c1-12-6-2-3-7-13(12)17-22-24-16(20-21-18(24)25-17)10-23-11-19-14-8-4-5-9-15(14)23/h2-9,11H,10H2,1H3. The number of imidazole rings is 1. The maximum absolute atomic E-state index is 4.74. The van der Waals surface area contributed by atoms with Crippen molar-refractivity contribution in [3.8, 4) is 10.6 Å². The van der Waals surface area contributed by atoms with Crippen LogP contribution in [0.4, 0.5) is 0 Å². The van der Waals surface area contributed by atoms with E-state index in [4.69, 9.17) is 5.10 Å². The van der Waals surface area contributed by atoms with Crippen LogP contribution in [-0.4, -0.2) is 29.4 Å².